The van der Waals surface area contributed by atoms with Gasteiger partial charge in [-0.05, 0) is 49.1 Å². The number of halogens is 1. The highest BCUT2D eigenvalue weighted by molar-refractivity contribution is 6.05. The monoisotopic (exact) mass is 374 g/mol. The zero-order chi connectivity index (χ0) is 19.3. The Morgan fingerprint density at radius 2 is 1.79 bits per heavy atom. The van der Waals surface area contributed by atoms with Gasteiger partial charge in [-0.2, -0.15) is 0 Å². The Balaban J connectivity index is 1.61. The molecule has 2 aromatic carbocycles. The molecule has 0 amide bonds. The summed E-state index contributed by atoms with van der Waals surface area (Å²) in [5.41, 5.74) is 3.94. The van der Waals surface area contributed by atoms with Gasteiger partial charge < -0.3 is 4.90 Å². The van der Waals surface area contributed by atoms with Crippen LogP contribution in [0.4, 0.5) is 10.1 Å². The quantitative estimate of drug-likeness (QED) is 0.400. The van der Waals surface area contributed by atoms with Crippen LogP contribution in [0.15, 0.2) is 79.1 Å². The smallest absolute Gasteiger partial charge is 0.255 e. The Morgan fingerprint density at radius 3 is 2.68 bits per heavy atom. The summed E-state index contributed by atoms with van der Waals surface area (Å²) in [6, 6.07) is 17.9. The Hall–Kier alpha value is -3.14. The molecule has 1 aliphatic heterocycles. The number of hydrogen-bond acceptors (Lipinski definition) is 2. The van der Waals surface area contributed by atoms with Gasteiger partial charge in [0.15, 0.2) is 0 Å². The highest BCUT2D eigenvalue weighted by Crippen LogP contribution is 2.33. The fourth-order valence-electron chi connectivity index (χ4n) is 3.66. The molecule has 0 aliphatic carbocycles. The van der Waals surface area contributed by atoms with Crippen molar-refractivity contribution < 1.29 is 9.18 Å². The third-order valence-electron chi connectivity index (χ3n) is 5.11. The lowest BCUT2D eigenvalue weighted by Crippen LogP contribution is -2.21. The van der Waals surface area contributed by atoms with Crippen molar-refractivity contribution in [1.82, 2.24) is 4.57 Å². The van der Waals surface area contributed by atoms with E-state index in [-0.39, 0.29) is 12.6 Å². The van der Waals surface area contributed by atoms with E-state index in [4.69, 9.17) is 0 Å². The van der Waals surface area contributed by atoms with Crippen LogP contribution in [0, 0.1) is 0 Å². The number of nitrogens with zero attached hydrogens (tertiary/aromatic N) is 2. The lowest BCUT2D eigenvalue weighted by atomic mass is 9.99. The summed E-state index contributed by atoms with van der Waals surface area (Å²) < 4.78 is 14.0. The van der Waals surface area contributed by atoms with E-state index < -0.39 is 0 Å². The molecule has 3 aromatic rings. The summed E-state index contributed by atoms with van der Waals surface area (Å²) >= 11 is 0. The van der Waals surface area contributed by atoms with Crippen molar-refractivity contribution in [2.45, 2.75) is 19.3 Å². The van der Waals surface area contributed by atoms with Gasteiger partial charge in [-0.15, -0.1) is 0 Å². The van der Waals surface area contributed by atoms with Crippen molar-refractivity contribution >= 4 is 28.1 Å². The highest BCUT2D eigenvalue weighted by atomic mass is 19.1. The number of anilines is 1. The Bertz CT molecular complexity index is 1050. The summed E-state index contributed by atoms with van der Waals surface area (Å²) in [5.74, 6) is -0.0629. The van der Waals surface area contributed by atoms with E-state index in [0.717, 1.165) is 47.1 Å². The molecule has 3 nitrogen and oxygen atoms in total. The Morgan fingerprint density at radius 1 is 0.964 bits per heavy atom. The van der Waals surface area contributed by atoms with Crippen LogP contribution in [-0.4, -0.2) is 23.7 Å². The number of carbonyl (C=O) groups is 1. The molecule has 0 bridgehead atoms. The molecule has 0 atom stereocenters. The lowest BCUT2D eigenvalue weighted by molar-refractivity contribution is 0.0974. The van der Waals surface area contributed by atoms with Gasteiger partial charge in [0, 0.05) is 41.7 Å². The maximum absolute atomic E-state index is 12.9. The number of rotatable bonds is 6. The number of allylic oxidation sites excluding steroid dienone is 3. The molecular weight excluding hydrogens is 351 g/mol. The van der Waals surface area contributed by atoms with Gasteiger partial charge in [-0.1, -0.05) is 36.4 Å². The predicted molar refractivity (Wildman–Crippen MR) is 113 cm³/mol. The van der Waals surface area contributed by atoms with E-state index in [0.29, 0.717) is 6.42 Å². The fraction of sp³-hybridized carbons (Fsp3) is 0.208. The number of hydrogen-bond donors (Lipinski definition) is 0. The normalized spacial score (nSPS) is 14.6. The van der Waals surface area contributed by atoms with Crippen molar-refractivity contribution in [3.63, 3.8) is 0 Å². The summed E-state index contributed by atoms with van der Waals surface area (Å²) in [7, 11) is 0. The van der Waals surface area contributed by atoms with Gasteiger partial charge in [0.2, 0.25) is 0 Å². The van der Waals surface area contributed by atoms with Crippen molar-refractivity contribution in [2.75, 3.05) is 18.1 Å². The number of carbonyl (C=O) groups excluding carboxylic acids is 1. The van der Waals surface area contributed by atoms with Crippen LogP contribution in [-0.2, 0) is 0 Å². The van der Waals surface area contributed by atoms with Gasteiger partial charge in [0.25, 0.3) is 5.91 Å². The highest BCUT2D eigenvalue weighted by Gasteiger charge is 2.17. The van der Waals surface area contributed by atoms with Crippen LogP contribution in [0.3, 0.4) is 0 Å². The minimum atomic E-state index is -0.254. The second-order valence-electron chi connectivity index (χ2n) is 6.96. The molecular formula is C24H23FN2O. The molecule has 28 heavy (non-hydrogen) atoms. The van der Waals surface area contributed by atoms with Crippen LogP contribution >= 0.6 is 0 Å². The van der Waals surface area contributed by atoms with Crippen LogP contribution in [0.1, 0.15) is 29.6 Å². The van der Waals surface area contributed by atoms with Gasteiger partial charge in [-0.25, -0.2) is 0 Å². The maximum atomic E-state index is 12.9. The molecule has 0 saturated heterocycles. The summed E-state index contributed by atoms with van der Waals surface area (Å²) in [6.07, 6.45) is 9.96. The number of aromatic nitrogens is 1. The molecule has 0 N–H and O–H groups in total. The van der Waals surface area contributed by atoms with E-state index >= 15 is 0 Å². The van der Waals surface area contributed by atoms with E-state index in [9.17, 15) is 9.18 Å². The van der Waals surface area contributed by atoms with Gasteiger partial charge in [0.05, 0.1) is 12.2 Å². The average molecular weight is 374 g/mol. The van der Waals surface area contributed by atoms with E-state index in [1.807, 2.05) is 67.0 Å². The van der Waals surface area contributed by atoms with Crippen LogP contribution in [0.25, 0.3) is 16.5 Å². The van der Waals surface area contributed by atoms with E-state index in [1.165, 1.54) is 0 Å². The van der Waals surface area contributed by atoms with Crippen molar-refractivity contribution in [3.05, 3.63) is 84.7 Å². The first-order valence-electron chi connectivity index (χ1n) is 9.70. The molecule has 0 saturated carbocycles. The molecule has 0 unspecified atom stereocenters. The summed E-state index contributed by atoms with van der Waals surface area (Å²) in [5, 5.41) is 1.05. The molecule has 142 valence electrons. The third-order valence-corrected chi connectivity index (χ3v) is 5.11. The van der Waals surface area contributed by atoms with Crippen molar-refractivity contribution in [1.29, 1.82) is 0 Å². The molecule has 2 heterocycles. The number of unbranched alkanes of at least 4 members (excludes halogenated alkanes) is 2. The molecule has 1 aliphatic rings. The zero-order valence-electron chi connectivity index (χ0n) is 15.7. The number of fused-ring (bicyclic) bond motifs is 2. The topological polar surface area (TPSA) is 25.2 Å². The Labute approximate surface area is 164 Å². The van der Waals surface area contributed by atoms with Crippen molar-refractivity contribution in [2.24, 2.45) is 0 Å². The first-order chi connectivity index (χ1) is 13.8. The first kappa shape index (κ1) is 18.2. The predicted octanol–water partition coefficient (Wildman–Crippen LogP) is 5.84. The van der Waals surface area contributed by atoms with Crippen LogP contribution in [0.5, 0.6) is 0 Å². The second-order valence-corrected chi connectivity index (χ2v) is 6.96. The van der Waals surface area contributed by atoms with E-state index in [2.05, 4.69) is 11.0 Å². The van der Waals surface area contributed by atoms with Gasteiger partial charge in [-0.3, -0.25) is 13.8 Å². The van der Waals surface area contributed by atoms with Crippen LogP contribution in [0.2, 0.25) is 0 Å². The molecule has 4 rings (SSSR count). The molecule has 1 aromatic heterocycles. The summed E-state index contributed by atoms with van der Waals surface area (Å²) in [6.45, 7) is 0.590. The third kappa shape index (κ3) is 3.63. The molecule has 0 radical (unpaired) electrons. The van der Waals surface area contributed by atoms with Gasteiger partial charge >= 0.3 is 0 Å². The minimum Gasteiger partial charge on any atom is -0.347 e. The Kier molecular flexibility index (Phi) is 5.38. The SMILES string of the molecule is O=C(/C=C1\C=CN(CCCCCF)c2ccccc21)n1ccc2ccccc21. The van der Waals surface area contributed by atoms with Gasteiger partial charge in [0.1, 0.15) is 0 Å². The summed E-state index contributed by atoms with van der Waals surface area (Å²) in [4.78, 5) is 15.1. The second kappa shape index (κ2) is 8.26. The number of alkyl halides is 1. The molecule has 0 fully saturated rings. The lowest BCUT2D eigenvalue weighted by Gasteiger charge is -2.27. The molecule has 0 spiro atoms. The number of benzene rings is 2. The largest absolute Gasteiger partial charge is 0.347 e. The molecule has 4 heteroatoms. The minimum absolute atomic E-state index is 0.0629. The fourth-order valence-corrected chi connectivity index (χ4v) is 3.66. The first-order valence-corrected chi connectivity index (χ1v) is 9.70. The standard InChI is InChI=1S/C24H23FN2O/c25-14-6-1-7-15-26-16-12-20(21-9-3-5-11-23(21)26)18-24(28)27-17-13-19-8-2-4-10-22(19)27/h2-5,8-13,16-18H,1,6-7,14-15H2/b20-18+. The zero-order valence-corrected chi connectivity index (χ0v) is 15.7. The number of para-hydroxylation sites is 2. The average Bonchev–Trinajstić information content (AvgIpc) is 3.17. The van der Waals surface area contributed by atoms with E-state index in [1.54, 1.807) is 10.6 Å². The van der Waals surface area contributed by atoms with Crippen LogP contribution < -0.4 is 4.90 Å². The van der Waals surface area contributed by atoms with Crippen molar-refractivity contribution in [3.8, 4) is 0 Å². The maximum Gasteiger partial charge on any atom is 0.255 e.